The Morgan fingerprint density at radius 3 is 2.65 bits per heavy atom. The van der Waals surface area contributed by atoms with Crippen LogP contribution in [0.2, 0.25) is 0 Å². The van der Waals surface area contributed by atoms with Crippen molar-refractivity contribution in [3.63, 3.8) is 0 Å². The van der Waals surface area contributed by atoms with Gasteiger partial charge in [0, 0.05) is 39.3 Å². The van der Waals surface area contributed by atoms with Gasteiger partial charge in [-0.3, -0.25) is 9.69 Å². The highest BCUT2D eigenvalue weighted by molar-refractivity contribution is 5.97. The molecule has 1 aliphatic rings. The summed E-state index contributed by atoms with van der Waals surface area (Å²) in [5, 5.41) is 10.0. The summed E-state index contributed by atoms with van der Waals surface area (Å²) in [5.41, 5.74) is 5.82. The predicted molar refractivity (Wildman–Crippen MR) is 76.1 cm³/mol. The van der Waals surface area contributed by atoms with E-state index in [1.54, 1.807) is 23.1 Å². The van der Waals surface area contributed by atoms with Crippen LogP contribution in [0.3, 0.4) is 0 Å². The molecule has 0 unspecified atom stereocenters. The van der Waals surface area contributed by atoms with Crippen LogP contribution in [0.4, 0.5) is 0 Å². The Bertz CT molecular complexity index is 471. The lowest BCUT2D eigenvalue weighted by molar-refractivity contribution is 0.0637. The first-order valence-corrected chi connectivity index (χ1v) is 6.75. The highest BCUT2D eigenvalue weighted by Gasteiger charge is 2.24. The largest absolute Gasteiger partial charge is 0.504 e. The molecule has 6 heteroatoms. The van der Waals surface area contributed by atoms with Crippen molar-refractivity contribution in [1.29, 1.82) is 0 Å². The fraction of sp³-hybridized carbons (Fsp3) is 0.500. The number of benzene rings is 1. The summed E-state index contributed by atoms with van der Waals surface area (Å²) < 4.78 is 5.03. The van der Waals surface area contributed by atoms with Crippen molar-refractivity contribution < 1.29 is 14.6 Å². The molecule has 1 aromatic carbocycles. The second-order valence-electron chi connectivity index (χ2n) is 4.78. The topological polar surface area (TPSA) is 79.0 Å². The first-order valence-electron chi connectivity index (χ1n) is 6.75. The zero-order valence-electron chi connectivity index (χ0n) is 11.7. The highest BCUT2D eigenvalue weighted by Crippen LogP contribution is 2.30. The molecule has 0 radical (unpaired) electrons. The van der Waals surface area contributed by atoms with Gasteiger partial charge in [-0.2, -0.15) is 0 Å². The minimum absolute atomic E-state index is 0.0932. The van der Waals surface area contributed by atoms with Crippen LogP contribution in [0.25, 0.3) is 0 Å². The molecule has 1 aromatic rings. The van der Waals surface area contributed by atoms with Gasteiger partial charge in [0.25, 0.3) is 5.91 Å². The Morgan fingerprint density at radius 1 is 1.35 bits per heavy atom. The van der Waals surface area contributed by atoms with Gasteiger partial charge in [0.05, 0.1) is 12.7 Å². The number of phenols is 1. The van der Waals surface area contributed by atoms with Gasteiger partial charge in [-0.15, -0.1) is 0 Å². The third-order valence-corrected chi connectivity index (χ3v) is 3.55. The molecule has 0 spiro atoms. The lowest BCUT2D eigenvalue weighted by Crippen LogP contribution is -2.49. The van der Waals surface area contributed by atoms with Crippen molar-refractivity contribution in [3.8, 4) is 11.5 Å². The van der Waals surface area contributed by atoms with E-state index in [0.717, 1.165) is 19.6 Å². The van der Waals surface area contributed by atoms with Gasteiger partial charge < -0.3 is 20.5 Å². The fourth-order valence-electron chi connectivity index (χ4n) is 2.39. The van der Waals surface area contributed by atoms with Gasteiger partial charge in [-0.1, -0.05) is 6.07 Å². The number of methoxy groups -OCH3 is 1. The molecule has 6 nitrogen and oxygen atoms in total. The molecule has 0 atom stereocenters. The lowest BCUT2D eigenvalue weighted by Gasteiger charge is -2.34. The van der Waals surface area contributed by atoms with E-state index >= 15 is 0 Å². The smallest absolute Gasteiger partial charge is 0.257 e. The summed E-state index contributed by atoms with van der Waals surface area (Å²) in [6, 6.07) is 4.95. The number of phenolic OH excluding ortho intramolecular Hbond substituents is 1. The molecule has 20 heavy (non-hydrogen) atoms. The maximum atomic E-state index is 12.4. The highest BCUT2D eigenvalue weighted by atomic mass is 16.5. The average Bonchev–Trinajstić information content (AvgIpc) is 2.48. The fourth-order valence-corrected chi connectivity index (χ4v) is 2.39. The lowest BCUT2D eigenvalue weighted by atomic mass is 10.1. The van der Waals surface area contributed by atoms with Crippen LogP contribution < -0.4 is 10.5 Å². The van der Waals surface area contributed by atoms with Crippen LogP contribution in [0, 0.1) is 0 Å². The molecule has 0 aliphatic carbocycles. The van der Waals surface area contributed by atoms with Crippen LogP contribution in [0.15, 0.2) is 18.2 Å². The maximum absolute atomic E-state index is 12.4. The first kappa shape index (κ1) is 14.6. The number of hydrogen-bond acceptors (Lipinski definition) is 5. The summed E-state index contributed by atoms with van der Waals surface area (Å²) in [6.07, 6.45) is 0. The summed E-state index contributed by atoms with van der Waals surface area (Å²) in [5.74, 6) is 0.0656. The molecule has 3 N–H and O–H groups in total. The number of hydrogen-bond donors (Lipinski definition) is 2. The molecular formula is C14H21N3O3. The third kappa shape index (κ3) is 3.02. The molecular weight excluding hydrogens is 258 g/mol. The minimum atomic E-state index is -0.159. The maximum Gasteiger partial charge on any atom is 0.257 e. The second kappa shape index (κ2) is 6.58. The molecule has 0 bridgehead atoms. The molecule has 1 saturated heterocycles. The molecule has 1 aliphatic heterocycles. The van der Waals surface area contributed by atoms with E-state index in [2.05, 4.69) is 4.90 Å². The first-order chi connectivity index (χ1) is 9.67. The monoisotopic (exact) mass is 279 g/mol. The molecule has 1 fully saturated rings. The minimum Gasteiger partial charge on any atom is -0.504 e. The van der Waals surface area contributed by atoms with Gasteiger partial charge in [-0.25, -0.2) is 0 Å². The van der Waals surface area contributed by atoms with Crippen molar-refractivity contribution in [2.24, 2.45) is 5.73 Å². The van der Waals surface area contributed by atoms with Gasteiger partial charge in [0.1, 0.15) is 0 Å². The number of para-hydroxylation sites is 1. The van der Waals surface area contributed by atoms with Crippen molar-refractivity contribution >= 4 is 5.91 Å². The van der Waals surface area contributed by atoms with Crippen LogP contribution in [-0.2, 0) is 0 Å². The van der Waals surface area contributed by atoms with Crippen molar-refractivity contribution in [1.82, 2.24) is 9.80 Å². The Balaban J connectivity index is 2.06. The zero-order valence-corrected chi connectivity index (χ0v) is 11.7. The molecule has 110 valence electrons. The van der Waals surface area contributed by atoms with E-state index in [4.69, 9.17) is 10.5 Å². The number of nitrogens with zero attached hydrogens (tertiary/aromatic N) is 2. The van der Waals surface area contributed by atoms with Crippen LogP contribution in [0.5, 0.6) is 11.5 Å². The van der Waals surface area contributed by atoms with Gasteiger partial charge >= 0.3 is 0 Å². The molecule has 1 heterocycles. The number of carbonyl (C=O) groups excluding carboxylic acids is 1. The van der Waals surface area contributed by atoms with Crippen LogP contribution in [0.1, 0.15) is 10.4 Å². The Hall–Kier alpha value is -1.79. The number of amides is 1. The molecule has 2 rings (SSSR count). The number of ether oxygens (including phenoxy) is 1. The van der Waals surface area contributed by atoms with Crippen LogP contribution >= 0.6 is 0 Å². The second-order valence-corrected chi connectivity index (χ2v) is 4.78. The van der Waals surface area contributed by atoms with Crippen molar-refractivity contribution in [2.45, 2.75) is 0 Å². The van der Waals surface area contributed by atoms with E-state index in [9.17, 15) is 9.90 Å². The van der Waals surface area contributed by atoms with E-state index in [-0.39, 0.29) is 17.2 Å². The Labute approximate surface area is 118 Å². The van der Waals surface area contributed by atoms with Crippen molar-refractivity contribution in [2.75, 3.05) is 46.4 Å². The predicted octanol–water partition coefficient (Wildman–Crippen LogP) is 0.117. The standard InChI is InChI=1S/C14H21N3O3/c1-20-12-4-2-3-11(13(12)18)14(19)17-9-7-16(6-5-15)8-10-17/h2-4,18H,5-10,15H2,1H3. The van der Waals surface area contributed by atoms with E-state index < -0.39 is 0 Å². The van der Waals surface area contributed by atoms with E-state index in [1.807, 2.05) is 0 Å². The van der Waals surface area contributed by atoms with Crippen LogP contribution in [-0.4, -0.2) is 67.2 Å². The van der Waals surface area contributed by atoms with Crippen molar-refractivity contribution in [3.05, 3.63) is 23.8 Å². The molecule has 1 amide bonds. The number of rotatable bonds is 4. The third-order valence-electron chi connectivity index (χ3n) is 3.55. The van der Waals surface area contributed by atoms with E-state index in [1.165, 1.54) is 7.11 Å². The van der Waals surface area contributed by atoms with Gasteiger partial charge in [-0.05, 0) is 12.1 Å². The van der Waals surface area contributed by atoms with Gasteiger partial charge in [0.2, 0.25) is 0 Å². The zero-order chi connectivity index (χ0) is 14.5. The molecule has 0 aromatic heterocycles. The summed E-state index contributed by atoms with van der Waals surface area (Å²) in [6.45, 7) is 4.41. The van der Waals surface area contributed by atoms with E-state index in [0.29, 0.717) is 25.4 Å². The SMILES string of the molecule is COc1cccc(C(=O)N2CCN(CCN)CC2)c1O. The quantitative estimate of drug-likeness (QED) is 0.818. The Kier molecular flexibility index (Phi) is 4.81. The Morgan fingerprint density at radius 2 is 2.05 bits per heavy atom. The number of piperazine rings is 1. The molecule has 0 saturated carbocycles. The normalized spacial score (nSPS) is 16.2. The number of carbonyl (C=O) groups is 1. The number of aromatic hydroxyl groups is 1. The summed E-state index contributed by atoms with van der Waals surface area (Å²) in [7, 11) is 1.47. The van der Waals surface area contributed by atoms with Gasteiger partial charge in [0.15, 0.2) is 11.5 Å². The number of nitrogens with two attached hydrogens (primary N) is 1. The summed E-state index contributed by atoms with van der Waals surface area (Å²) in [4.78, 5) is 16.4. The average molecular weight is 279 g/mol. The summed E-state index contributed by atoms with van der Waals surface area (Å²) >= 11 is 0.